The summed E-state index contributed by atoms with van der Waals surface area (Å²) in [6.45, 7) is 7.11. The number of hydrogen-bond donors (Lipinski definition) is 2. The number of fused-ring (bicyclic) bond motifs is 1. The number of benzene rings is 1. The van der Waals surface area contributed by atoms with Crippen molar-refractivity contribution in [2.24, 2.45) is 0 Å². The summed E-state index contributed by atoms with van der Waals surface area (Å²) in [6.07, 6.45) is 3.43. The number of rotatable bonds is 2. The number of aromatic amines is 1. The van der Waals surface area contributed by atoms with Gasteiger partial charge in [-0.15, -0.1) is 0 Å². The minimum atomic E-state index is -0.193. The highest BCUT2D eigenvalue weighted by Gasteiger charge is 2.26. The van der Waals surface area contributed by atoms with E-state index >= 15 is 0 Å². The predicted molar refractivity (Wildman–Crippen MR) is 97.7 cm³/mol. The third kappa shape index (κ3) is 3.10. The van der Waals surface area contributed by atoms with Crippen molar-refractivity contribution < 1.29 is 0 Å². The highest BCUT2D eigenvalue weighted by atomic mass is 16.1. The third-order valence-electron chi connectivity index (χ3n) is 4.46. The molecule has 0 amide bonds. The van der Waals surface area contributed by atoms with E-state index < -0.39 is 0 Å². The van der Waals surface area contributed by atoms with Gasteiger partial charge < -0.3 is 10.2 Å². The molecule has 0 unspecified atom stereocenters. The number of piperazine rings is 1. The zero-order valence-electron chi connectivity index (χ0n) is 14.3. The van der Waals surface area contributed by atoms with E-state index in [1.54, 1.807) is 18.5 Å². The second-order valence-corrected chi connectivity index (χ2v) is 6.97. The van der Waals surface area contributed by atoms with Gasteiger partial charge in [0.1, 0.15) is 5.82 Å². The summed E-state index contributed by atoms with van der Waals surface area (Å²) < 4.78 is 0. The van der Waals surface area contributed by atoms with Gasteiger partial charge in [0.2, 0.25) is 0 Å². The quantitative estimate of drug-likeness (QED) is 0.739. The summed E-state index contributed by atoms with van der Waals surface area (Å²) in [7, 11) is 0. The second-order valence-electron chi connectivity index (χ2n) is 6.97. The van der Waals surface area contributed by atoms with E-state index in [1.807, 2.05) is 18.2 Å². The molecule has 3 aromatic rings. The van der Waals surface area contributed by atoms with E-state index in [9.17, 15) is 4.79 Å². The van der Waals surface area contributed by atoms with Crippen LogP contribution in [0.5, 0.6) is 0 Å². The van der Waals surface area contributed by atoms with E-state index in [-0.39, 0.29) is 11.1 Å². The zero-order valence-corrected chi connectivity index (χ0v) is 14.3. The van der Waals surface area contributed by atoms with Crippen LogP contribution in [0.3, 0.4) is 0 Å². The summed E-state index contributed by atoms with van der Waals surface area (Å²) in [5, 5.41) is 11.2. The molecule has 0 bridgehead atoms. The molecule has 1 aromatic carbocycles. The Morgan fingerprint density at radius 1 is 1.24 bits per heavy atom. The molecule has 2 aromatic heterocycles. The molecular weight excluding hydrogens is 316 g/mol. The van der Waals surface area contributed by atoms with Gasteiger partial charge in [-0.25, -0.2) is 15.1 Å². The number of aromatic nitrogens is 4. The van der Waals surface area contributed by atoms with E-state index in [2.05, 4.69) is 39.2 Å². The topological polar surface area (TPSA) is 86.8 Å². The van der Waals surface area contributed by atoms with Gasteiger partial charge in [-0.1, -0.05) is 6.07 Å². The molecule has 1 fully saturated rings. The molecule has 0 atom stereocenters. The smallest absolute Gasteiger partial charge is 0.272 e. The van der Waals surface area contributed by atoms with Crippen molar-refractivity contribution in [3.8, 4) is 11.4 Å². The van der Waals surface area contributed by atoms with Gasteiger partial charge in [0, 0.05) is 42.3 Å². The van der Waals surface area contributed by atoms with Crippen LogP contribution in [0.4, 0.5) is 5.82 Å². The van der Waals surface area contributed by atoms with Crippen molar-refractivity contribution in [3.05, 3.63) is 47.0 Å². The second kappa shape index (κ2) is 5.93. The van der Waals surface area contributed by atoms with Crippen LogP contribution >= 0.6 is 0 Å². The lowest BCUT2D eigenvalue weighted by molar-refractivity contribution is 0.352. The molecule has 3 heterocycles. The van der Waals surface area contributed by atoms with Crippen LogP contribution < -0.4 is 15.8 Å². The highest BCUT2D eigenvalue weighted by molar-refractivity contribution is 5.84. The minimum Gasteiger partial charge on any atom is -0.353 e. The third-order valence-corrected chi connectivity index (χ3v) is 4.46. The van der Waals surface area contributed by atoms with Crippen LogP contribution in [-0.2, 0) is 0 Å². The number of nitrogens with zero attached hydrogens (tertiary/aromatic N) is 4. The van der Waals surface area contributed by atoms with Crippen LogP contribution in [0.2, 0.25) is 0 Å². The Bertz CT molecular complexity index is 980. The molecule has 0 aliphatic carbocycles. The molecule has 0 spiro atoms. The van der Waals surface area contributed by atoms with Gasteiger partial charge in [0.15, 0.2) is 5.82 Å². The van der Waals surface area contributed by atoms with Crippen molar-refractivity contribution in [2.45, 2.75) is 19.4 Å². The van der Waals surface area contributed by atoms with Crippen molar-refractivity contribution in [2.75, 3.05) is 24.5 Å². The monoisotopic (exact) mass is 336 g/mol. The van der Waals surface area contributed by atoms with Crippen LogP contribution in [0.1, 0.15) is 13.8 Å². The lowest BCUT2D eigenvalue weighted by Gasteiger charge is -2.39. The Labute approximate surface area is 145 Å². The first kappa shape index (κ1) is 15.7. The van der Waals surface area contributed by atoms with Crippen molar-refractivity contribution in [1.29, 1.82) is 0 Å². The molecule has 1 saturated heterocycles. The normalized spacial score (nSPS) is 17.0. The summed E-state index contributed by atoms with van der Waals surface area (Å²) >= 11 is 0. The lowest BCUT2D eigenvalue weighted by atomic mass is 10.0. The van der Waals surface area contributed by atoms with Crippen molar-refractivity contribution in [3.63, 3.8) is 0 Å². The van der Waals surface area contributed by atoms with Gasteiger partial charge in [0.25, 0.3) is 5.56 Å². The highest BCUT2D eigenvalue weighted by Crippen LogP contribution is 2.23. The molecule has 7 nitrogen and oxygen atoms in total. The molecule has 0 radical (unpaired) electrons. The zero-order chi connectivity index (χ0) is 17.4. The number of anilines is 1. The Kier molecular flexibility index (Phi) is 3.73. The fourth-order valence-corrected chi connectivity index (χ4v) is 3.24. The molecule has 2 N–H and O–H groups in total. The molecule has 0 saturated carbocycles. The number of H-pyrrole nitrogens is 1. The van der Waals surface area contributed by atoms with E-state index in [1.165, 1.54) is 0 Å². The van der Waals surface area contributed by atoms with Crippen LogP contribution in [-0.4, -0.2) is 45.3 Å². The molecular formula is C18H20N6O. The molecule has 1 aliphatic heterocycles. The summed E-state index contributed by atoms with van der Waals surface area (Å²) in [5.41, 5.74) is 0.733. The molecule has 7 heteroatoms. The molecule has 25 heavy (non-hydrogen) atoms. The standard InChI is InChI=1S/C18H20N6O/c1-18(2)11-24(8-7-20-18)15-5-6-19-16(22-15)12-3-4-14-13(9-12)10-21-23-17(14)25/h3-6,9-10,20H,7-8,11H2,1-2H3,(H,23,25). The SMILES string of the molecule is CC1(C)CN(c2ccnc(-c3ccc4c(=O)[nH]ncc4c3)n2)CCN1. The fourth-order valence-electron chi connectivity index (χ4n) is 3.24. The number of hydrogen-bond acceptors (Lipinski definition) is 6. The maximum absolute atomic E-state index is 11.8. The number of nitrogens with one attached hydrogen (secondary N) is 2. The van der Waals surface area contributed by atoms with Crippen molar-refractivity contribution in [1.82, 2.24) is 25.5 Å². The first-order valence-electron chi connectivity index (χ1n) is 8.33. The van der Waals surface area contributed by atoms with Gasteiger partial charge in [0.05, 0.1) is 11.6 Å². The minimum absolute atomic E-state index is 0.0546. The van der Waals surface area contributed by atoms with E-state index in [4.69, 9.17) is 4.98 Å². The summed E-state index contributed by atoms with van der Waals surface area (Å²) in [5.74, 6) is 1.57. The summed E-state index contributed by atoms with van der Waals surface area (Å²) in [6, 6.07) is 7.50. The first-order valence-corrected chi connectivity index (χ1v) is 8.33. The average Bonchev–Trinajstić information content (AvgIpc) is 2.61. The summed E-state index contributed by atoms with van der Waals surface area (Å²) in [4.78, 5) is 23.2. The molecule has 1 aliphatic rings. The Balaban J connectivity index is 1.71. The van der Waals surface area contributed by atoms with Crippen LogP contribution in [0, 0.1) is 0 Å². The average molecular weight is 336 g/mol. The Hall–Kier alpha value is -2.80. The predicted octanol–water partition coefficient (Wildman–Crippen LogP) is 1.57. The first-order chi connectivity index (χ1) is 12.0. The van der Waals surface area contributed by atoms with Crippen LogP contribution in [0.15, 0.2) is 41.5 Å². The molecule has 4 rings (SSSR count). The van der Waals surface area contributed by atoms with Gasteiger partial charge >= 0.3 is 0 Å². The Morgan fingerprint density at radius 2 is 2.12 bits per heavy atom. The van der Waals surface area contributed by atoms with Crippen molar-refractivity contribution >= 4 is 16.6 Å². The largest absolute Gasteiger partial charge is 0.353 e. The van der Waals surface area contributed by atoms with Gasteiger partial charge in [-0.05, 0) is 32.0 Å². The van der Waals surface area contributed by atoms with Crippen LogP contribution in [0.25, 0.3) is 22.2 Å². The maximum atomic E-state index is 11.8. The lowest BCUT2D eigenvalue weighted by Crippen LogP contribution is -2.57. The maximum Gasteiger partial charge on any atom is 0.272 e. The van der Waals surface area contributed by atoms with E-state index in [0.717, 1.165) is 36.4 Å². The Morgan fingerprint density at radius 3 is 2.96 bits per heavy atom. The van der Waals surface area contributed by atoms with Gasteiger partial charge in [-0.2, -0.15) is 5.10 Å². The van der Waals surface area contributed by atoms with E-state index in [0.29, 0.717) is 11.2 Å². The fraction of sp³-hybridized carbons (Fsp3) is 0.333. The molecule has 128 valence electrons. The van der Waals surface area contributed by atoms with Gasteiger partial charge in [-0.3, -0.25) is 4.79 Å².